The Morgan fingerprint density at radius 1 is 1.26 bits per heavy atom. The SMILES string of the molecule is Cc1nc(N2CC3C(N)[C@@H]3C2)cnc1Sc1cccc(Cl)c1Cl. The number of halogens is 2. The second-order valence-corrected chi connectivity index (χ2v) is 7.90. The van der Waals surface area contributed by atoms with E-state index < -0.39 is 0 Å². The molecular weight excluding hydrogens is 351 g/mol. The van der Waals surface area contributed by atoms with Crippen LogP contribution in [0.2, 0.25) is 10.0 Å². The van der Waals surface area contributed by atoms with Crippen LogP contribution in [-0.2, 0) is 0 Å². The number of nitrogens with zero attached hydrogens (tertiary/aromatic N) is 3. The van der Waals surface area contributed by atoms with Crippen LogP contribution >= 0.6 is 35.0 Å². The molecule has 0 bridgehead atoms. The number of anilines is 1. The fourth-order valence-corrected chi connectivity index (χ4v) is 4.46. The van der Waals surface area contributed by atoms with Crippen LogP contribution < -0.4 is 10.6 Å². The van der Waals surface area contributed by atoms with Crippen LogP contribution in [0.15, 0.2) is 34.3 Å². The summed E-state index contributed by atoms with van der Waals surface area (Å²) < 4.78 is 0. The highest BCUT2D eigenvalue weighted by molar-refractivity contribution is 7.99. The Hall–Kier alpha value is -1.01. The van der Waals surface area contributed by atoms with Crippen LogP contribution in [0, 0.1) is 18.8 Å². The third-order valence-corrected chi connectivity index (χ3v) is 6.68. The first-order chi connectivity index (χ1) is 11.0. The number of rotatable bonds is 3. The van der Waals surface area contributed by atoms with E-state index >= 15 is 0 Å². The summed E-state index contributed by atoms with van der Waals surface area (Å²) in [4.78, 5) is 12.4. The first-order valence-corrected chi connectivity index (χ1v) is 9.08. The molecule has 120 valence electrons. The van der Waals surface area contributed by atoms with Crippen molar-refractivity contribution in [3.8, 4) is 0 Å². The van der Waals surface area contributed by atoms with Gasteiger partial charge in [-0.05, 0) is 30.9 Å². The minimum Gasteiger partial charge on any atom is -0.355 e. The van der Waals surface area contributed by atoms with E-state index in [4.69, 9.17) is 33.9 Å². The van der Waals surface area contributed by atoms with Gasteiger partial charge in [-0.25, -0.2) is 9.97 Å². The molecule has 1 aliphatic heterocycles. The monoisotopic (exact) mass is 366 g/mol. The average Bonchev–Trinajstić information content (AvgIpc) is 2.96. The fourth-order valence-electron chi connectivity index (χ4n) is 3.14. The smallest absolute Gasteiger partial charge is 0.147 e. The maximum Gasteiger partial charge on any atom is 0.147 e. The zero-order valence-corrected chi connectivity index (χ0v) is 14.9. The minimum absolute atomic E-state index is 0.389. The average molecular weight is 367 g/mol. The maximum absolute atomic E-state index is 6.24. The lowest BCUT2D eigenvalue weighted by Gasteiger charge is -2.20. The van der Waals surface area contributed by atoms with E-state index in [-0.39, 0.29) is 0 Å². The third-order valence-electron chi connectivity index (χ3n) is 4.60. The molecule has 2 heterocycles. The summed E-state index contributed by atoms with van der Waals surface area (Å²) >= 11 is 13.8. The van der Waals surface area contributed by atoms with E-state index in [2.05, 4.69) is 9.88 Å². The Bertz CT molecular complexity index is 758. The maximum atomic E-state index is 6.24. The Balaban J connectivity index is 1.53. The van der Waals surface area contributed by atoms with Crippen molar-refractivity contribution in [2.45, 2.75) is 22.9 Å². The molecular formula is C16H16Cl2N4S. The van der Waals surface area contributed by atoms with Gasteiger partial charge in [-0.1, -0.05) is 41.0 Å². The van der Waals surface area contributed by atoms with Crippen molar-refractivity contribution in [2.75, 3.05) is 18.0 Å². The molecule has 1 aliphatic carbocycles. The molecule has 3 atom stereocenters. The summed E-state index contributed by atoms with van der Waals surface area (Å²) in [6, 6.07) is 5.98. The number of aromatic nitrogens is 2. The second kappa shape index (κ2) is 5.81. The first-order valence-electron chi connectivity index (χ1n) is 7.50. The quantitative estimate of drug-likeness (QED) is 0.898. The van der Waals surface area contributed by atoms with Gasteiger partial charge in [0.1, 0.15) is 10.8 Å². The van der Waals surface area contributed by atoms with Crippen molar-refractivity contribution in [1.29, 1.82) is 0 Å². The molecule has 0 spiro atoms. The number of nitrogens with two attached hydrogens (primary N) is 1. The van der Waals surface area contributed by atoms with Gasteiger partial charge in [0.2, 0.25) is 0 Å². The summed E-state index contributed by atoms with van der Waals surface area (Å²) in [5, 5.41) is 1.95. The van der Waals surface area contributed by atoms with Crippen molar-refractivity contribution in [1.82, 2.24) is 9.97 Å². The van der Waals surface area contributed by atoms with Gasteiger partial charge in [-0.2, -0.15) is 0 Å². The molecule has 1 aromatic heterocycles. The predicted molar refractivity (Wildman–Crippen MR) is 94.5 cm³/mol. The van der Waals surface area contributed by atoms with Crippen molar-refractivity contribution in [3.05, 3.63) is 40.1 Å². The molecule has 2 unspecified atom stereocenters. The van der Waals surface area contributed by atoms with E-state index in [0.717, 1.165) is 34.5 Å². The van der Waals surface area contributed by atoms with Gasteiger partial charge in [-0.15, -0.1) is 0 Å². The van der Waals surface area contributed by atoms with Gasteiger partial charge in [0.05, 0.1) is 21.9 Å². The lowest BCUT2D eigenvalue weighted by molar-refractivity contribution is 0.729. The van der Waals surface area contributed by atoms with Gasteiger partial charge in [0.25, 0.3) is 0 Å². The topological polar surface area (TPSA) is 55.0 Å². The molecule has 2 aliphatic rings. The van der Waals surface area contributed by atoms with Crippen molar-refractivity contribution in [2.24, 2.45) is 17.6 Å². The van der Waals surface area contributed by atoms with Crippen LogP contribution in [0.1, 0.15) is 5.69 Å². The highest BCUT2D eigenvalue weighted by Gasteiger charge is 2.53. The zero-order valence-electron chi connectivity index (χ0n) is 12.5. The summed E-state index contributed by atoms with van der Waals surface area (Å²) in [5.74, 6) is 2.20. The summed E-state index contributed by atoms with van der Waals surface area (Å²) in [6.07, 6.45) is 1.84. The Morgan fingerprint density at radius 2 is 2.00 bits per heavy atom. The fraction of sp³-hybridized carbons (Fsp3) is 0.375. The van der Waals surface area contributed by atoms with Crippen LogP contribution in [0.4, 0.5) is 5.82 Å². The van der Waals surface area contributed by atoms with E-state index in [0.29, 0.717) is 27.9 Å². The number of hydrogen-bond acceptors (Lipinski definition) is 5. The number of hydrogen-bond donors (Lipinski definition) is 1. The van der Waals surface area contributed by atoms with Gasteiger partial charge in [0.15, 0.2) is 0 Å². The molecule has 0 radical (unpaired) electrons. The summed E-state index contributed by atoms with van der Waals surface area (Å²) in [7, 11) is 0. The molecule has 7 heteroatoms. The molecule has 1 aromatic carbocycles. The third kappa shape index (κ3) is 2.80. The summed E-state index contributed by atoms with van der Waals surface area (Å²) in [5.41, 5.74) is 6.89. The van der Waals surface area contributed by atoms with Crippen LogP contribution in [0.5, 0.6) is 0 Å². The van der Waals surface area contributed by atoms with Gasteiger partial charge in [0, 0.05) is 24.0 Å². The molecule has 2 aromatic rings. The molecule has 4 nitrogen and oxygen atoms in total. The van der Waals surface area contributed by atoms with E-state index in [9.17, 15) is 0 Å². The predicted octanol–water partition coefficient (Wildman–Crippen LogP) is 3.64. The molecule has 4 rings (SSSR count). The Kier molecular flexibility index (Phi) is 3.92. The lowest BCUT2D eigenvalue weighted by Crippen LogP contribution is -2.28. The highest BCUT2D eigenvalue weighted by atomic mass is 35.5. The largest absolute Gasteiger partial charge is 0.355 e. The van der Waals surface area contributed by atoms with Gasteiger partial charge < -0.3 is 10.6 Å². The standard InChI is InChI=1S/C16H16Cl2N4S/c1-8-16(23-12-4-2-3-11(17)14(12)18)20-5-13(21-8)22-6-9-10(7-22)15(9)19/h2-5,9-10,15H,6-7,19H2,1H3/t9-,10?,15?/m1/s1. The number of piperidine rings is 1. The lowest BCUT2D eigenvalue weighted by atomic mass is 10.4. The van der Waals surface area contributed by atoms with Crippen LogP contribution in [0.3, 0.4) is 0 Å². The number of fused-ring (bicyclic) bond motifs is 1. The number of benzene rings is 1. The normalized spacial score (nSPS) is 25.6. The Morgan fingerprint density at radius 3 is 2.70 bits per heavy atom. The van der Waals surface area contributed by atoms with E-state index in [1.165, 1.54) is 11.8 Å². The van der Waals surface area contributed by atoms with Crippen molar-refractivity contribution in [3.63, 3.8) is 0 Å². The minimum atomic E-state index is 0.389. The van der Waals surface area contributed by atoms with E-state index in [1.807, 2.05) is 25.3 Å². The van der Waals surface area contributed by atoms with Gasteiger partial charge >= 0.3 is 0 Å². The molecule has 2 fully saturated rings. The number of aryl methyl sites for hydroxylation is 1. The molecule has 1 saturated carbocycles. The highest BCUT2D eigenvalue weighted by Crippen LogP contribution is 2.45. The molecule has 23 heavy (non-hydrogen) atoms. The van der Waals surface area contributed by atoms with Crippen molar-refractivity contribution < 1.29 is 0 Å². The summed E-state index contributed by atoms with van der Waals surface area (Å²) in [6.45, 7) is 3.96. The zero-order chi connectivity index (χ0) is 16.1. The van der Waals surface area contributed by atoms with Crippen molar-refractivity contribution >= 4 is 40.8 Å². The molecule has 0 amide bonds. The van der Waals surface area contributed by atoms with Gasteiger partial charge in [-0.3, -0.25) is 0 Å². The van der Waals surface area contributed by atoms with Crippen LogP contribution in [-0.4, -0.2) is 29.1 Å². The first kappa shape index (κ1) is 15.5. The molecule has 1 saturated heterocycles. The van der Waals surface area contributed by atoms with Crippen LogP contribution in [0.25, 0.3) is 0 Å². The van der Waals surface area contributed by atoms with E-state index in [1.54, 1.807) is 6.07 Å². The Labute approximate surface area is 149 Å². The molecule has 2 N–H and O–H groups in total. The second-order valence-electron chi connectivity index (χ2n) is 6.08.